The van der Waals surface area contributed by atoms with Crippen LogP contribution in [0.3, 0.4) is 0 Å². The van der Waals surface area contributed by atoms with Crippen molar-refractivity contribution in [1.82, 2.24) is 14.8 Å². The summed E-state index contributed by atoms with van der Waals surface area (Å²) in [5.74, 6) is -0.411. The molecule has 7 nitrogen and oxygen atoms in total. The molecule has 2 aromatic rings. The lowest BCUT2D eigenvalue weighted by Gasteiger charge is -2.07. The zero-order chi connectivity index (χ0) is 15.4. The number of nitrogens with one attached hydrogen (secondary N) is 1. The minimum atomic E-state index is -0.411. The zero-order valence-corrected chi connectivity index (χ0v) is 12.6. The number of rotatable bonds is 5. The van der Waals surface area contributed by atoms with E-state index in [0.717, 1.165) is 4.90 Å². The molecule has 21 heavy (non-hydrogen) atoms. The van der Waals surface area contributed by atoms with Crippen LogP contribution >= 0.6 is 11.8 Å². The summed E-state index contributed by atoms with van der Waals surface area (Å²) >= 11 is 1.26. The molecule has 0 atom stereocenters. The molecule has 8 heteroatoms. The molecule has 1 aromatic heterocycles. The van der Waals surface area contributed by atoms with Crippen LogP contribution in [0.25, 0.3) is 0 Å². The topological polar surface area (TPSA) is 103 Å². The van der Waals surface area contributed by atoms with Crippen LogP contribution < -0.4 is 11.4 Å². The third-order valence-electron chi connectivity index (χ3n) is 2.76. The monoisotopic (exact) mass is 308 g/mol. The maximum Gasteiger partial charge on any atom is 0.343 e. The fourth-order valence-corrected chi connectivity index (χ4v) is 2.66. The Labute approximate surface area is 125 Å². The van der Waals surface area contributed by atoms with E-state index in [1.807, 2.05) is 6.92 Å². The Balaban J connectivity index is 2.25. The number of nitrogens with two attached hydrogens (primary N) is 1. The van der Waals surface area contributed by atoms with Gasteiger partial charge < -0.3 is 10.5 Å². The molecular formula is C13H16N4O3S. The second kappa shape index (κ2) is 6.49. The normalized spacial score (nSPS) is 10.6. The highest BCUT2D eigenvalue weighted by Gasteiger charge is 2.13. The molecule has 1 heterocycles. The first-order chi connectivity index (χ1) is 10.1. The molecule has 1 aromatic carbocycles. The molecule has 0 aliphatic carbocycles. The Kier molecular flexibility index (Phi) is 4.69. The Morgan fingerprint density at radius 1 is 1.48 bits per heavy atom. The minimum absolute atomic E-state index is 0.262. The van der Waals surface area contributed by atoms with Gasteiger partial charge in [-0.2, -0.15) is 0 Å². The highest BCUT2D eigenvalue weighted by molar-refractivity contribution is 7.99. The first-order valence-corrected chi connectivity index (χ1v) is 7.28. The Hall–Kier alpha value is -2.22. The van der Waals surface area contributed by atoms with Gasteiger partial charge in [-0.15, -0.1) is 5.10 Å². The van der Waals surface area contributed by atoms with Crippen molar-refractivity contribution >= 4 is 23.4 Å². The van der Waals surface area contributed by atoms with Crippen molar-refractivity contribution in [2.75, 3.05) is 12.3 Å². The second-order valence-electron chi connectivity index (χ2n) is 4.13. The number of benzene rings is 1. The fourth-order valence-electron chi connectivity index (χ4n) is 1.74. The molecule has 0 amide bonds. The third-order valence-corrected chi connectivity index (χ3v) is 3.85. The van der Waals surface area contributed by atoms with E-state index in [4.69, 9.17) is 10.5 Å². The molecule has 112 valence electrons. The van der Waals surface area contributed by atoms with Crippen LogP contribution in [0.5, 0.6) is 0 Å². The molecule has 3 N–H and O–H groups in total. The van der Waals surface area contributed by atoms with E-state index in [0.29, 0.717) is 29.6 Å². The standard InChI is InChI=1S/C13H16N4O3S/c1-3-17-12(19)15-16-13(17)21-10-6-5-8(7-9(10)14)11(18)20-4-2/h5-7H,3-4,14H2,1-2H3,(H,15,19). The van der Waals surface area contributed by atoms with Crippen molar-refractivity contribution in [3.63, 3.8) is 0 Å². The van der Waals surface area contributed by atoms with Gasteiger partial charge in [0.2, 0.25) is 0 Å². The van der Waals surface area contributed by atoms with Crippen molar-refractivity contribution in [3.8, 4) is 0 Å². The minimum Gasteiger partial charge on any atom is -0.462 e. The van der Waals surface area contributed by atoms with E-state index in [2.05, 4.69) is 10.2 Å². The predicted octanol–water partition coefficient (Wildman–Crippen LogP) is 1.50. The van der Waals surface area contributed by atoms with Crippen molar-refractivity contribution < 1.29 is 9.53 Å². The lowest BCUT2D eigenvalue weighted by atomic mass is 10.2. The summed E-state index contributed by atoms with van der Waals surface area (Å²) < 4.78 is 6.42. The quantitative estimate of drug-likeness (QED) is 0.641. The van der Waals surface area contributed by atoms with Crippen LogP contribution in [-0.2, 0) is 11.3 Å². The summed E-state index contributed by atoms with van der Waals surface area (Å²) in [6.07, 6.45) is 0. The number of ether oxygens (including phenoxy) is 1. The molecule has 0 aliphatic heterocycles. The summed E-state index contributed by atoms with van der Waals surface area (Å²) in [5.41, 5.74) is 6.52. The van der Waals surface area contributed by atoms with E-state index < -0.39 is 5.97 Å². The molecular weight excluding hydrogens is 292 g/mol. The zero-order valence-electron chi connectivity index (χ0n) is 11.8. The Bertz CT molecular complexity index is 708. The molecule has 2 rings (SSSR count). The Morgan fingerprint density at radius 2 is 2.24 bits per heavy atom. The number of nitrogen functional groups attached to an aromatic ring is 1. The summed E-state index contributed by atoms with van der Waals surface area (Å²) in [6.45, 7) is 4.42. The molecule has 0 bridgehead atoms. The number of aromatic nitrogens is 3. The first kappa shape index (κ1) is 15.2. The highest BCUT2D eigenvalue weighted by Crippen LogP contribution is 2.30. The number of esters is 1. The number of carbonyl (C=O) groups is 1. The fraction of sp³-hybridized carbons (Fsp3) is 0.308. The van der Waals surface area contributed by atoms with Crippen molar-refractivity contribution in [1.29, 1.82) is 0 Å². The van der Waals surface area contributed by atoms with E-state index >= 15 is 0 Å². The van der Waals surface area contributed by atoms with Crippen molar-refractivity contribution in [3.05, 3.63) is 34.2 Å². The number of anilines is 1. The van der Waals surface area contributed by atoms with Crippen LogP contribution in [0.4, 0.5) is 5.69 Å². The van der Waals surface area contributed by atoms with Crippen LogP contribution in [0.15, 0.2) is 33.0 Å². The molecule has 0 unspecified atom stereocenters. The largest absolute Gasteiger partial charge is 0.462 e. The van der Waals surface area contributed by atoms with E-state index in [1.165, 1.54) is 16.3 Å². The first-order valence-electron chi connectivity index (χ1n) is 6.46. The maximum atomic E-state index is 11.6. The SMILES string of the molecule is CCOC(=O)c1ccc(Sc2n[nH]c(=O)n2CC)c(N)c1. The van der Waals surface area contributed by atoms with Gasteiger partial charge in [-0.1, -0.05) is 0 Å². The van der Waals surface area contributed by atoms with Gasteiger partial charge in [0.05, 0.1) is 12.2 Å². The summed E-state index contributed by atoms with van der Waals surface area (Å²) in [4.78, 5) is 23.8. The maximum absolute atomic E-state index is 11.6. The van der Waals surface area contributed by atoms with E-state index in [-0.39, 0.29) is 5.69 Å². The van der Waals surface area contributed by atoms with Crippen molar-refractivity contribution in [2.24, 2.45) is 0 Å². The summed E-state index contributed by atoms with van der Waals surface area (Å²) in [7, 11) is 0. The van der Waals surface area contributed by atoms with Gasteiger partial charge >= 0.3 is 11.7 Å². The van der Waals surface area contributed by atoms with Gasteiger partial charge in [0.25, 0.3) is 0 Å². The molecule has 0 spiro atoms. The molecule has 0 aliphatic rings. The highest BCUT2D eigenvalue weighted by atomic mass is 32.2. The van der Waals surface area contributed by atoms with Crippen LogP contribution in [0.2, 0.25) is 0 Å². The van der Waals surface area contributed by atoms with Crippen LogP contribution in [0, 0.1) is 0 Å². The summed E-state index contributed by atoms with van der Waals surface area (Å²) in [6, 6.07) is 4.91. The van der Waals surface area contributed by atoms with Gasteiger partial charge in [0, 0.05) is 17.1 Å². The lowest BCUT2D eigenvalue weighted by molar-refractivity contribution is 0.0526. The Morgan fingerprint density at radius 3 is 2.86 bits per heavy atom. The third kappa shape index (κ3) is 3.27. The van der Waals surface area contributed by atoms with E-state index in [1.54, 1.807) is 25.1 Å². The predicted molar refractivity (Wildman–Crippen MR) is 79.5 cm³/mol. The molecule has 0 saturated heterocycles. The lowest BCUT2D eigenvalue weighted by Crippen LogP contribution is -2.16. The van der Waals surface area contributed by atoms with Gasteiger partial charge in [0.15, 0.2) is 5.16 Å². The van der Waals surface area contributed by atoms with E-state index in [9.17, 15) is 9.59 Å². The average Bonchev–Trinajstić information content (AvgIpc) is 2.81. The van der Waals surface area contributed by atoms with Gasteiger partial charge in [-0.25, -0.2) is 14.7 Å². The number of carbonyl (C=O) groups excluding carboxylic acids is 1. The number of hydrogen-bond donors (Lipinski definition) is 2. The van der Waals surface area contributed by atoms with Crippen LogP contribution in [-0.4, -0.2) is 27.3 Å². The second-order valence-corrected chi connectivity index (χ2v) is 5.14. The summed E-state index contributed by atoms with van der Waals surface area (Å²) in [5, 5.41) is 6.87. The number of hydrogen-bond acceptors (Lipinski definition) is 6. The molecule has 0 radical (unpaired) electrons. The molecule has 0 fully saturated rings. The smallest absolute Gasteiger partial charge is 0.343 e. The van der Waals surface area contributed by atoms with Gasteiger partial charge in [-0.3, -0.25) is 4.57 Å². The van der Waals surface area contributed by atoms with Crippen LogP contribution in [0.1, 0.15) is 24.2 Å². The average molecular weight is 308 g/mol. The van der Waals surface area contributed by atoms with Gasteiger partial charge in [0.1, 0.15) is 0 Å². The molecule has 0 saturated carbocycles. The van der Waals surface area contributed by atoms with Gasteiger partial charge in [-0.05, 0) is 43.8 Å². The number of aromatic amines is 1. The number of nitrogens with zero attached hydrogens (tertiary/aromatic N) is 2. The number of H-pyrrole nitrogens is 1. The van der Waals surface area contributed by atoms with Crippen molar-refractivity contribution in [2.45, 2.75) is 30.4 Å².